The van der Waals surface area contributed by atoms with E-state index in [4.69, 9.17) is 9.47 Å². The zero-order valence-electron chi connectivity index (χ0n) is 12.5. The van der Waals surface area contributed by atoms with Crippen LogP contribution in [0.3, 0.4) is 0 Å². The van der Waals surface area contributed by atoms with Gasteiger partial charge in [-0.25, -0.2) is 0 Å². The highest BCUT2D eigenvalue weighted by atomic mass is 16.5. The summed E-state index contributed by atoms with van der Waals surface area (Å²) in [5.74, 6) is 0. The van der Waals surface area contributed by atoms with Crippen LogP contribution in [0.25, 0.3) is 0 Å². The molecule has 5 heteroatoms. The van der Waals surface area contributed by atoms with Gasteiger partial charge in [0.25, 0.3) is 0 Å². The molecule has 2 saturated heterocycles. The summed E-state index contributed by atoms with van der Waals surface area (Å²) in [6.07, 6.45) is 4.10. The minimum Gasteiger partial charge on any atom is -0.381 e. The molecule has 116 valence electrons. The van der Waals surface area contributed by atoms with Crippen LogP contribution in [0.15, 0.2) is 24.4 Å². The SMILES string of the molecule is c1ccc(C(CNC2CCOCC2)N2CCOCC2)nc1. The minimum absolute atomic E-state index is 0.331. The fraction of sp³-hybridized carbons (Fsp3) is 0.688. The topological polar surface area (TPSA) is 46.6 Å². The van der Waals surface area contributed by atoms with Crippen LogP contribution in [0.5, 0.6) is 0 Å². The second-order valence-electron chi connectivity index (χ2n) is 5.71. The van der Waals surface area contributed by atoms with E-state index in [1.807, 2.05) is 12.3 Å². The second kappa shape index (κ2) is 7.84. The van der Waals surface area contributed by atoms with Crippen molar-refractivity contribution in [2.75, 3.05) is 46.1 Å². The number of pyridine rings is 1. The lowest BCUT2D eigenvalue weighted by molar-refractivity contribution is 0.0130. The summed E-state index contributed by atoms with van der Waals surface area (Å²) < 4.78 is 10.9. The van der Waals surface area contributed by atoms with Crippen molar-refractivity contribution in [2.45, 2.75) is 24.9 Å². The lowest BCUT2D eigenvalue weighted by Gasteiger charge is -2.35. The van der Waals surface area contributed by atoms with Crippen LogP contribution in [0.4, 0.5) is 0 Å². The summed E-state index contributed by atoms with van der Waals surface area (Å²) in [6.45, 7) is 6.31. The zero-order chi connectivity index (χ0) is 14.3. The molecule has 0 aromatic carbocycles. The van der Waals surface area contributed by atoms with Gasteiger partial charge < -0.3 is 14.8 Å². The first-order chi connectivity index (χ1) is 10.4. The highest BCUT2D eigenvalue weighted by Crippen LogP contribution is 2.20. The van der Waals surface area contributed by atoms with E-state index in [0.717, 1.165) is 64.6 Å². The van der Waals surface area contributed by atoms with Gasteiger partial charge in [-0.1, -0.05) is 6.07 Å². The van der Waals surface area contributed by atoms with Crippen molar-refractivity contribution in [1.82, 2.24) is 15.2 Å². The van der Waals surface area contributed by atoms with Gasteiger partial charge >= 0.3 is 0 Å². The maximum atomic E-state index is 5.48. The third-order valence-electron chi connectivity index (χ3n) is 4.34. The van der Waals surface area contributed by atoms with Crippen molar-refractivity contribution in [1.29, 1.82) is 0 Å². The average Bonchev–Trinajstić information content (AvgIpc) is 2.58. The Balaban J connectivity index is 1.63. The van der Waals surface area contributed by atoms with Gasteiger partial charge in [-0.05, 0) is 25.0 Å². The van der Waals surface area contributed by atoms with E-state index >= 15 is 0 Å². The Kier molecular flexibility index (Phi) is 5.57. The van der Waals surface area contributed by atoms with Crippen molar-refractivity contribution < 1.29 is 9.47 Å². The first-order valence-electron chi connectivity index (χ1n) is 7.97. The Bertz CT molecular complexity index is 403. The second-order valence-corrected chi connectivity index (χ2v) is 5.71. The molecule has 2 aliphatic rings. The summed E-state index contributed by atoms with van der Waals surface area (Å²) in [6, 6.07) is 7.09. The summed E-state index contributed by atoms with van der Waals surface area (Å²) >= 11 is 0. The molecule has 5 nitrogen and oxygen atoms in total. The summed E-state index contributed by atoms with van der Waals surface area (Å²) in [5.41, 5.74) is 1.15. The molecular weight excluding hydrogens is 266 g/mol. The van der Waals surface area contributed by atoms with E-state index in [1.165, 1.54) is 0 Å². The van der Waals surface area contributed by atoms with Crippen molar-refractivity contribution in [3.8, 4) is 0 Å². The standard InChI is InChI=1S/C16H25N3O2/c1-2-6-17-15(3-1)16(19-7-11-21-12-8-19)13-18-14-4-9-20-10-5-14/h1-3,6,14,16,18H,4-5,7-13H2. The van der Waals surface area contributed by atoms with Gasteiger partial charge in [0.1, 0.15) is 0 Å². The Hall–Kier alpha value is -1.01. The van der Waals surface area contributed by atoms with E-state index < -0.39 is 0 Å². The highest BCUT2D eigenvalue weighted by molar-refractivity contribution is 5.10. The Morgan fingerprint density at radius 3 is 2.62 bits per heavy atom. The third kappa shape index (κ3) is 4.23. The van der Waals surface area contributed by atoms with Crippen LogP contribution in [0.2, 0.25) is 0 Å². The third-order valence-corrected chi connectivity index (χ3v) is 4.34. The molecule has 1 aromatic heterocycles. The normalized spacial score (nSPS) is 23.0. The van der Waals surface area contributed by atoms with E-state index in [1.54, 1.807) is 0 Å². The number of ether oxygens (including phenoxy) is 2. The molecule has 2 fully saturated rings. The Labute approximate surface area is 126 Å². The predicted molar refractivity (Wildman–Crippen MR) is 81.2 cm³/mol. The smallest absolute Gasteiger partial charge is 0.0648 e. The monoisotopic (exact) mass is 291 g/mol. The molecule has 3 heterocycles. The summed E-state index contributed by atoms with van der Waals surface area (Å²) in [5, 5.41) is 3.71. The van der Waals surface area contributed by atoms with Crippen LogP contribution >= 0.6 is 0 Å². The summed E-state index contributed by atoms with van der Waals surface area (Å²) in [7, 11) is 0. The van der Waals surface area contributed by atoms with Crippen molar-refractivity contribution in [3.63, 3.8) is 0 Å². The molecule has 0 aliphatic carbocycles. The molecule has 3 rings (SSSR count). The quantitative estimate of drug-likeness (QED) is 0.884. The van der Waals surface area contributed by atoms with Gasteiger partial charge in [0.05, 0.1) is 24.9 Å². The van der Waals surface area contributed by atoms with Gasteiger partial charge in [-0.15, -0.1) is 0 Å². The number of nitrogens with zero attached hydrogens (tertiary/aromatic N) is 2. The molecule has 21 heavy (non-hydrogen) atoms. The van der Waals surface area contributed by atoms with Crippen LogP contribution in [-0.4, -0.2) is 62.0 Å². The maximum absolute atomic E-state index is 5.48. The molecule has 1 N–H and O–H groups in total. The average molecular weight is 291 g/mol. The molecule has 0 radical (unpaired) electrons. The zero-order valence-corrected chi connectivity index (χ0v) is 12.5. The molecule has 0 spiro atoms. The highest BCUT2D eigenvalue weighted by Gasteiger charge is 2.24. The van der Waals surface area contributed by atoms with Gasteiger partial charge in [0, 0.05) is 45.1 Å². The van der Waals surface area contributed by atoms with E-state index in [9.17, 15) is 0 Å². The number of hydrogen-bond acceptors (Lipinski definition) is 5. The Morgan fingerprint density at radius 1 is 1.14 bits per heavy atom. The number of aromatic nitrogens is 1. The van der Waals surface area contributed by atoms with Gasteiger partial charge in [-0.2, -0.15) is 0 Å². The number of rotatable bonds is 5. The number of nitrogens with one attached hydrogen (secondary N) is 1. The number of hydrogen-bond donors (Lipinski definition) is 1. The lowest BCUT2D eigenvalue weighted by atomic mass is 10.1. The molecular formula is C16H25N3O2. The fourth-order valence-corrected chi connectivity index (χ4v) is 3.06. The van der Waals surface area contributed by atoms with Crippen LogP contribution < -0.4 is 5.32 Å². The largest absolute Gasteiger partial charge is 0.381 e. The molecule has 0 bridgehead atoms. The van der Waals surface area contributed by atoms with E-state index in [0.29, 0.717) is 12.1 Å². The van der Waals surface area contributed by atoms with E-state index in [2.05, 4.69) is 27.3 Å². The van der Waals surface area contributed by atoms with Crippen LogP contribution in [-0.2, 0) is 9.47 Å². The lowest BCUT2D eigenvalue weighted by Crippen LogP contribution is -2.45. The van der Waals surface area contributed by atoms with Gasteiger partial charge in [0.15, 0.2) is 0 Å². The van der Waals surface area contributed by atoms with Crippen molar-refractivity contribution >= 4 is 0 Å². The fourth-order valence-electron chi connectivity index (χ4n) is 3.06. The first-order valence-corrected chi connectivity index (χ1v) is 7.97. The molecule has 1 aromatic rings. The van der Waals surface area contributed by atoms with Crippen molar-refractivity contribution in [3.05, 3.63) is 30.1 Å². The van der Waals surface area contributed by atoms with Gasteiger partial charge in [0.2, 0.25) is 0 Å². The van der Waals surface area contributed by atoms with Gasteiger partial charge in [-0.3, -0.25) is 9.88 Å². The van der Waals surface area contributed by atoms with Crippen LogP contribution in [0.1, 0.15) is 24.6 Å². The van der Waals surface area contributed by atoms with E-state index in [-0.39, 0.29) is 0 Å². The van der Waals surface area contributed by atoms with Crippen LogP contribution in [0, 0.1) is 0 Å². The molecule has 0 amide bonds. The summed E-state index contributed by atoms with van der Waals surface area (Å²) in [4.78, 5) is 7.06. The molecule has 2 aliphatic heterocycles. The molecule has 0 saturated carbocycles. The first kappa shape index (κ1) is 14.9. The minimum atomic E-state index is 0.331. The number of morpholine rings is 1. The Morgan fingerprint density at radius 2 is 1.90 bits per heavy atom. The molecule has 1 atom stereocenters. The molecule has 1 unspecified atom stereocenters. The predicted octanol–water partition coefficient (Wildman–Crippen LogP) is 1.22. The van der Waals surface area contributed by atoms with Crippen molar-refractivity contribution in [2.24, 2.45) is 0 Å². The maximum Gasteiger partial charge on any atom is 0.0648 e.